The Hall–Kier alpha value is -1.29. The summed E-state index contributed by atoms with van der Waals surface area (Å²) in [4.78, 5) is 0. The molecule has 2 fully saturated rings. The second-order valence-electron chi connectivity index (χ2n) is 9.71. The highest BCUT2D eigenvalue weighted by atomic mass is 19.1. The number of aryl methyl sites for hydroxylation is 1. The molecule has 3 rings (SSSR count). The van der Waals surface area contributed by atoms with Gasteiger partial charge in [0, 0.05) is 11.5 Å². The molecule has 0 amide bonds. The van der Waals surface area contributed by atoms with Gasteiger partial charge in [-0.15, -0.1) is 0 Å². The summed E-state index contributed by atoms with van der Waals surface area (Å²) in [5.41, 5.74) is 1.66. The standard InChI is InChI=1S/C28H41F/c1-3-5-6-8-22-11-16-25(17-12-22)26-18-13-23(14-19-26)9-10-24-15-20-27(7-4-2)28(29)21-24/h15,20-23,25-26H,3-8,11-14,16-19H2,1-2H3/t22-,23-,25-,26-. The van der Waals surface area contributed by atoms with Crippen molar-refractivity contribution in [2.45, 2.75) is 104 Å². The van der Waals surface area contributed by atoms with Gasteiger partial charge in [-0.05, 0) is 80.4 Å². The molecule has 0 unspecified atom stereocenters. The summed E-state index contributed by atoms with van der Waals surface area (Å²) < 4.78 is 14.1. The van der Waals surface area contributed by atoms with Gasteiger partial charge in [-0.1, -0.05) is 76.7 Å². The van der Waals surface area contributed by atoms with Gasteiger partial charge in [0.05, 0.1) is 0 Å². The second-order valence-corrected chi connectivity index (χ2v) is 9.71. The topological polar surface area (TPSA) is 0 Å². The highest BCUT2D eigenvalue weighted by molar-refractivity contribution is 5.37. The van der Waals surface area contributed by atoms with Crippen LogP contribution in [0.4, 0.5) is 4.39 Å². The molecule has 0 nitrogen and oxygen atoms in total. The van der Waals surface area contributed by atoms with Crippen molar-refractivity contribution in [2.75, 3.05) is 0 Å². The van der Waals surface area contributed by atoms with Gasteiger partial charge in [0.15, 0.2) is 0 Å². The number of benzene rings is 1. The van der Waals surface area contributed by atoms with Gasteiger partial charge < -0.3 is 0 Å². The molecule has 1 aromatic carbocycles. The van der Waals surface area contributed by atoms with Gasteiger partial charge in [-0.3, -0.25) is 0 Å². The number of hydrogen-bond donors (Lipinski definition) is 0. The van der Waals surface area contributed by atoms with E-state index in [1.165, 1.54) is 77.0 Å². The fraction of sp³-hybridized carbons (Fsp3) is 0.714. The zero-order chi connectivity index (χ0) is 20.5. The van der Waals surface area contributed by atoms with Gasteiger partial charge in [0.2, 0.25) is 0 Å². The normalized spacial score (nSPS) is 27.3. The van der Waals surface area contributed by atoms with Crippen LogP contribution >= 0.6 is 0 Å². The van der Waals surface area contributed by atoms with Crippen molar-refractivity contribution in [3.8, 4) is 11.8 Å². The van der Waals surface area contributed by atoms with Crippen LogP contribution in [0.5, 0.6) is 0 Å². The molecule has 2 aliphatic rings. The van der Waals surface area contributed by atoms with Crippen LogP contribution < -0.4 is 0 Å². The second kappa shape index (κ2) is 11.8. The Morgan fingerprint density at radius 1 is 0.862 bits per heavy atom. The van der Waals surface area contributed by atoms with Gasteiger partial charge in [0.25, 0.3) is 0 Å². The zero-order valence-corrected chi connectivity index (χ0v) is 18.8. The summed E-state index contributed by atoms with van der Waals surface area (Å²) in [5.74, 6) is 10.1. The van der Waals surface area contributed by atoms with E-state index in [1.807, 2.05) is 12.1 Å². The highest BCUT2D eigenvalue weighted by Gasteiger charge is 2.30. The van der Waals surface area contributed by atoms with E-state index >= 15 is 0 Å². The first kappa shape index (κ1) is 22.4. The van der Waals surface area contributed by atoms with Crippen LogP contribution in [-0.4, -0.2) is 0 Å². The minimum atomic E-state index is -0.0901. The molecule has 0 aliphatic heterocycles. The lowest BCUT2D eigenvalue weighted by molar-refractivity contribution is 0.153. The monoisotopic (exact) mass is 396 g/mol. The Labute approximate surface area is 179 Å². The Kier molecular flexibility index (Phi) is 9.10. The summed E-state index contributed by atoms with van der Waals surface area (Å²) in [5, 5.41) is 0. The summed E-state index contributed by atoms with van der Waals surface area (Å²) in [6, 6.07) is 5.53. The van der Waals surface area contributed by atoms with E-state index in [9.17, 15) is 4.39 Å². The van der Waals surface area contributed by atoms with Crippen molar-refractivity contribution < 1.29 is 4.39 Å². The average molecular weight is 397 g/mol. The molecule has 0 saturated heterocycles. The van der Waals surface area contributed by atoms with Crippen molar-refractivity contribution in [1.82, 2.24) is 0 Å². The molecule has 29 heavy (non-hydrogen) atoms. The molecule has 0 spiro atoms. The van der Waals surface area contributed by atoms with E-state index in [-0.39, 0.29) is 5.82 Å². The minimum Gasteiger partial charge on any atom is -0.207 e. The van der Waals surface area contributed by atoms with E-state index in [1.54, 1.807) is 6.07 Å². The molecule has 0 atom stereocenters. The van der Waals surface area contributed by atoms with Crippen molar-refractivity contribution >= 4 is 0 Å². The molecule has 0 aromatic heterocycles. The summed E-state index contributed by atoms with van der Waals surface area (Å²) in [6.45, 7) is 4.39. The third-order valence-electron chi connectivity index (χ3n) is 7.54. The summed E-state index contributed by atoms with van der Waals surface area (Å²) in [6.07, 6.45) is 18.6. The largest absolute Gasteiger partial charge is 0.207 e. The van der Waals surface area contributed by atoms with Crippen molar-refractivity contribution in [2.24, 2.45) is 23.7 Å². The molecule has 1 aromatic rings. The average Bonchev–Trinajstić information content (AvgIpc) is 2.75. The highest BCUT2D eigenvalue weighted by Crippen LogP contribution is 2.42. The van der Waals surface area contributed by atoms with Crippen molar-refractivity contribution in [3.63, 3.8) is 0 Å². The maximum atomic E-state index is 14.1. The molecule has 160 valence electrons. The van der Waals surface area contributed by atoms with E-state index < -0.39 is 0 Å². The molecule has 1 heteroatoms. The van der Waals surface area contributed by atoms with E-state index in [0.29, 0.717) is 5.92 Å². The van der Waals surface area contributed by atoms with Gasteiger partial charge in [-0.2, -0.15) is 0 Å². The summed E-state index contributed by atoms with van der Waals surface area (Å²) >= 11 is 0. The predicted octanol–water partition coefficient (Wildman–Crippen LogP) is 8.32. The quantitative estimate of drug-likeness (QED) is 0.321. The van der Waals surface area contributed by atoms with Crippen LogP contribution in [0.3, 0.4) is 0 Å². The number of unbranched alkanes of at least 4 members (excludes halogenated alkanes) is 2. The Morgan fingerprint density at radius 3 is 2.17 bits per heavy atom. The minimum absolute atomic E-state index is 0.0901. The van der Waals surface area contributed by atoms with Gasteiger partial charge >= 0.3 is 0 Å². The van der Waals surface area contributed by atoms with Gasteiger partial charge in [-0.25, -0.2) is 4.39 Å². The smallest absolute Gasteiger partial charge is 0.127 e. The molecule has 2 aliphatic carbocycles. The molecular weight excluding hydrogens is 355 g/mol. The van der Waals surface area contributed by atoms with Crippen LogP contribution in [0.25, 0.3) is 0 Å². The number of halogens is 1. The maximum absolute atomic E-state index is 14.1. The van der Waals surface area contributed by atoms with E-state index in [0.717, 1.165) is 41.7 Å². The fourth-order valence-corrected chi connectivity index (χ4v) is 5.65. The van der Waals surface area contributed by atoms with E-state index in [2.05, 4.69) is 25.7 Å². The number of rotatable bonds is 7. The van der Waals surface area contributed by atoms with Crippen LogP contribution in [0.2, 0.25) is 0 Å². The number of hydrogen-bond acceptors (Lipinski definition) is 0. The Bertz CT molecular complexity index is 663. The molecule has 0 N–H and O–H groups in total. The first-order valence-corrected chi connectivity index (χ1v) is 12.5. The third kappa shape index (κ3) is 6.87. The maximum Gasteiger partial charge on any atom is 0.127 e. The molecule has 0 bridgehead atoms. The molecule has 2 saturated carbocycles. The lowest BCUT2D eigenvalue weighted by Gasteiger charge is -2.37. The van der Waals surface area contributed by atoms with Crippen LogP contribution in [0.15, 0.2) is 18.2 Å². The summed E-state index contributed by atoms with van der Waals surface area (Å²) in [7, 11) is 0. The fourth-order valence-electron chi connectivity index (χ4n) is 5.65. The first-order valence-electron chi connectivity index (χ1n) is 12.5. The Morgan fingerprint density at radius 2 is 1.55 bits per heavy atom. The molecule has 0 radical (unpaired) electrons. The lowest BCUT2D eigenvalue weighted by Crippen LogP contribution is -2.25. The van der Waals surface area contributed by atoms with Crippen LogP contribution in [0, 0.1) is 41.3 Å². The first-order chi connectivity index (χ1) is 14.2. The van der Waals surface area contributed by atoms with Crippen LogP contribution in [0.1, 0.15) is 108 Å². The van der Waals surface area contributed by atoms with Gasteiger partial charge in [0.1, 0.15) is 5.82 Å². The molecule has 0 heterocycles. The third-order valence-corrected chi connectivity index (χ3v) is 7.54. The van der Waals surface area contributed by atoms with Crippen molar-refractivity contribution in [3.05, 3.63) is 35.1 Å². The zero-order valence-electron chi connectivity index (χ0n) is 18.8. The lowest BCUT2D eigenvalue weighted by atomic mass is 9.69. The van der Waals surface area contributed by atoms with E-state index in [4.69, 9.17) is 0 Å². The SMILES string of the molecule is CCCCC[C@H]1CC[C@H]([C@H]2CC[C@H](C#Cc3ccc(CCC)c(F)c3)CC2)CC1. The molecular formula is C28H41F. The predicted molar refractivity (Wildman–Crippen MR) is 122 cm³/mol. The van der Waals surface area contributed by atoms with Crippen LogP contribution in [-0.2, 0) is 6.42 Å². The Balaban J connectivity index is 1.41. The van der Waals surface area contributed by atoms with Crippen molar-refractivity contribution in [1.29, 1.82) is 0 Å².